The summed E-state index contributed by atoms with van der Waals surface area (Å²) in [6, 6.07) is 0. The molecule has 1 rings (SSSR count). The van der Waals surface area contributed by atoms with Crippen LogP contribution in [0.3, 0.4) is 0 Å². The third-order valence-corrected chi connectivity index (χ3v) is 2.95. The summed E-state index contributed by atoms with van der Waals surface area (Å²) >= 11 is -2.47. The van der Waals surface area contributed by atoms with Gasteiger partial charge in [-0.05, 0) is 0 Å². The largest absolute Gasteiger partial charge is 0.478 e. The van der Waals surface area contributed by atoms with Crippen LogP contribution in [0, 0.1) is 26.8 Å². The van der Waals surface area contributed by atoms with E-state index in [1.807, 2.05) is 0 Å². The van der Waals surface area contributed by atoms with Gasteiger partial charge in [0.2, 0.25) is 0 Å². The Morgan fingerprint density at radius 1 is 1.00 bits per heavy atom. The van der Waals surface area contributed by atoms with Crippen molar-refractivity contribution >= 4 is 27.2 Å². The maximum absolute atomic E-state index is 12.9. The van der Waals surface area contributed by atoms with Gasteiger partial charge in [-0.1, -0.05) is 0 Å². The molecule has 0 saturated heterocycles. The Balaban J connectivity index is 3.78. The van der Waals surface area contributed by atoms with Crippen molar-refractivity contribution in [1.82, 2.24) is 0 Å². The number of hydrogen-bond acceptors (Lipinski definition) is 2. The highest BCUT2D eigenvalue weighted by Crippen LogP contribution is 2.27. The third-order valence-electron chi connectivity index (χ3n) is 1.50. The average Bonchev–Trinajstić information content (AvgIpc) is 2.19. The molecule has 15 heavy (non-hydrogen) atoms. The Labute approximate surface area is 90.4 Å². The molecule has 82 valence electrons. The lowest BCUT2D eigenvalue weighted by atomic mass is 10.2. The second kappa shape index (κ2) is 4.21. The molecule has 0 saturated carbocycles. The number of carboxylic acid groups (broad SMARTS) is 1. The van der Waals surface area contributed by atoms with E-state index >= 15 is 0 Å². The van der Waals surface area contributed by atoms with E-state index in [2.05, 4.69) is 0 Å². The Hall–Kier alpha value is -1.06. The van der Waals surface area contributed by atoms with Crippen molar-refractivity contribution in [3.8, 4) is 0 Å². The van der Waals surface area contributed by atoms with E-state index in [1.54, 1.807) is 0 Å². The normalized spacial score (nSPS) is 10.4. The quantitative estimate of drug-likeness (QED) is 0.391. The lowest BCUT2D eigenvalue weighted by molar-refractivity contribution is 0.0688. The summed E-state index contributed by atoms with van der Waals surface area (Å²) in [4.78, 5) is 10.4. The highest BCUT2D eigenvalue weighted by atomic mass is 127. The SMILES string of the molecule is O=Ic1c(F)c(F)c(F)c(F)c1C(=O)O. The van der Waals surface area contributed by atoms with Crippen LogP contribution in [-0.4, -0.2) is 11.1 Å². The monoisotopic (exact) mass is 336 g/mol. The molecule has 0 aliphatic heterocycles. The minimum absolute atomic E-state index is 1.13. The minimum Gasteiger partial charge on any atom is -0.478 e. The highest BCUT2D eigenvalue weighted by molar-refractivity contribution is 14.1. The summed E-state index contributed by atoms with van der Waals surface area (Å²) in [5.41, 5.74) is -1.42. The number of halogens is 5. The first-order valence-electron chi connectivity index (χ1n) is 3.28. The van der Waals surface area contributed by atoms with Gasteiger partial charge in [-0.3, -0.25) is 3.07 Å². The number of carboxylic acids is 1. The minimum atomic E-state index is -2.47. The number of carbonyl (C=O) groups is 1. The fraction of sp³-hybridized carbons (Fsp3) is 0. The molecule has 0 radical (unpaired) electrons. The third kappa shape index (κ3) is 1.85. The number of benzene rings is 1. The van der Waals surface area contributed by atoms with Crippen LogP contribution in [0.25, 0.3) is 0 Å². The molecule has 0 atom stereocenters. The van der Waals surface area contributed by atoms with Crippen molar-refractivity contribution in [3.05, 3.63) is 32.4 Å². The predicted octanol–water partition coefficient (Wildman–Crippen LogP) is 2.43. The van der Waals surface area contributed by atoms with E-state index in [4.69, 9.17) is 5.11 Å². The number of hydrogen-bond donors (Lipinski definition) is 1. The Morgan fingerprint density at radius 3 is 1.87 bits per heavy atom. The number of aromatic carboxylic acids is 1. The van der Waals surface area contributed by atoms with Crippen molar-refractivity contribution in [2.75, 3.05) is 0 Å². The van der Waals surface area contributed by atoms with Crippen LogP contribution in [0.1, 0.15) is 10.4 Å². The van der Waals surface area contributed by atoms with Gasteiger partial charge in [0.1, 0.15) is 9.13 Å². The molecular formula is C7HF4IO3. The first-order chi connectivity index (χ1) is 6.91. The predicted molar refractivity (Wildman–Crippen MR) is 46.6 cm³/mol. The molecule has 1 aromatic carbocycles. The molecule has 0 aliphatic carbocycles. The topological polar surface area (TPSA) is 54.4 Å². The zero-order valence-corrected chi connectivity index (χ0v) is 8.81. The molecule has 0 bridgehead atoms. The Kier molecular flexibility index (Phi) is 3.37. The summed E-state index contributed by atoms with van der Waals surface area (Å²) in [6.45, 7) is 0. The maximum Gasteiger partial charge on any atom is 0.340 e. The lowest BCUT2D eigenvalue weighted by Crippen LogP contribution is -2.11. The Morgan fingerprint density at radius 2 is 1.47 bits per heavy atom. The van der Waals surface area contributed by atoms with Crippen LogP contribution in [0.4, 0.5) is 17.6 Å². The van der Waals surface area contributed by atoms with E-state index in [9.17, 15) is 25.4 Å². The van der Waals surface area contributed by atoms with E-state index in [-0.39, 0.29) is 0 Å². The molecule has 0 heterocycles. The van der Waals surface area contributed by atoms with E-state index in [0.717, 1.165) is 0 Å². The van der Waals surface area contributed by atoms with Crippen molar-refractivity contribution in [1.29, 1.82) is 0 Å². The number of rotatable bonds is 2. The molecule has 0 amide bonds. The fourth-order valence-corrected chi connectivity index (χ4v) is 1.98. The molecule has 3 nitrogen and oxygen atoms in total. The van der Waals surface area contributed by atoms with Crippen LogP contribution in [0.15, 0.2) is 0 Å². The van der Waals surface area contributed by atoms with E-state index in [1.165, 1.54) is 0 Å². The van der Waals surface area contributed by atoms with Gasteiger partial charge in [-0.15, -0.1) is 0 Å². The van der Waals surface area contributed by atoms with Crippen LogP contribution in [0.5, 0.6) is 0 Å². The maximum atomic E-state index is 12.9. The first-order valence-corrected chi connectivity index (χ1v) is 5.24. The van der Waals surface area contributed by atoms with Crippen LogP contribution in [-0.2, 0) is 3.07 Å². The summed E-state index contributed by atoms with van der Waals surface area (Å²) < 4.78 is 60.2. The second-order valence-electron chi connectivity index (χ2n) is 2.33. The van der Waals surface area contributed by atoms with Crippen molar-refractivity contribution in [2.24, 2.45) is 0 Å². The molecule has 8 heteroatoms. The molecule has 0 unspecified atom stereocenters. The zero-order chi connectivity index (χ0) is 11.7. The highest BCUT2D eigenvalue weighted by Gasteiger charge is 2.29. The van der Waals surface area contributed by atoms with Gasteiger partial charge >= 0.3 is 5.97 Å². The van der Waals surface area contributed by atoms with Crippen LogP contribution < -0.4 is 0 Å². The van der Waals surface area contributed by atoms with Gasteiger partial charge < -0.3 is 5.11 Å². The van der Waals surface area contributed by atoms with Gasteiger partial charge in [0.25, 0.3) is 0 Å². The molecule has 0 spiro atoms. The zero-order valence-electron chi connectivity index (χ0n) is 6.65. The van der Waals surface area contributed by atoms with Gasteiger partial charge in [-0.25, -0.2) is 22.4 Å². The van der Waals surface area contributed by atoms with Gasteiger partial charge in [0, 0.05) is 0 Å². The second-order valence-corrected chi connectivity index (χ2v) is 3.85. The van der Waals surface area contributed by atoms with E-state index < -0.39 is 59.6 Å². The van der Waals surface area contributed by atoms with E-state index in [0.29, 0.717) is 0 Å². The smallest absolute Gasteiger partial charge is 0.340 e. The van der Waals surface area contributed by atoms with Crippen LogP contribution >= 0.6 is 21.2 Å². The summed E-state index contributed by atoms with van der Waals surface area (Å²) in [6.07, 6.45) is 0. The van der Waals surface area contributed by atoms with Gasteiger partial charge in [-0.2, -0.15) is 0 Å². The van der Waals surface area contributed by atoms with Crippen molar-refractivity contribution in [2.45, 2.75) is 0 Å². The standard InChI is InChI=1S/C7HF4IO3/c8-2-1(7(13)14)6(12-15)5(11)4(10)3(2)9/h(H,13,14). The fourth-order valence-electron chi connectivity index (χ4n) is 0.865. The average molecular weight is 336 g/mol. The molecule has 1 aromatic rings. The molecule has 0 aromatic heterocycles. The molecular weight excluding hydrogens is 335 g/mol. The summed E-state index contributed by atoms with van der Waals surface area (Å²) in [5, 5.41) is 8.40. The lowest BCUT2D eigenvalue weighted by Gasteiger charge is -2.04. The summed E-state index contributed by atoms with van der Waals surface area (Å²) in [5.74, 6) is -10.4. The van der Waals surface area contributed by atoms with Gasteiger partial charge in [0.05, 0.1) is 0 Å². The van der Waals surface area contributed by atoms with Crippen molar-refractivity contribution < 1.29 is 30.5 Å². The molecule has 1 N–H and O–H groups in total. The Bertz CT molecular complexity index is 460. The summed E-state index contributed by atoms with van der Waals surface area (Å²) in [7, 11) is 0. The van der Waals surface area contributed by atoms with Crippen LogP contribution in [0.2, 0.25) is 0 Å². The van der Waals surface area contributed by atoms with Crippen molar-refractivity contribution in [3.63, 3.8) is 0 Å². The first kappa shape index (κ1) is 12.0. The van der Waals surface area contributed by atoms with Gasteiger partial charge in [0.15, 0.2) is 44.5 Å². The molecule has 0 fully saturated rings. The molecule has 0 aliphatic rings.